The smallest absolute Gasteiger partial charge is 0.323 e. The van der Waals surface area contributed by atoms with Crippen molar-refractivity contribution in [3.8, 4) is 11.1 Å². The lowest BCUT2D eigenvalue weighted by molar-refractivity contribution is 0.254. The summed E-state index contributed by atoms with van der Waals surface area (Å²) in [7, 11) is 0. The lowest BCUT2D eigenvalue weighted by Crippen LogP contribution is -2.29. The minimum Gasteiger partial charge on any atom is -0.338 e. The zero-order chi connectivity index (χ0) is 26.0. The molecule has 3 aromatic carbocycles. The predicted octanol–water partition coefficient (Wildman–Crippen LogP) is 8.48. The molecule has 1 heterocycles. The number of carbonyl (C=O) groups excluding carboxylic acids is 1. The van der Waals surface area contributed by atoms with E-state index in [9.17, 15) is 9.18 Å². The van der Waals surface area contributed by atoms with Crippen molar-refractivity contribution in [3.63, 3.8) is 0 Å². The van der Waals surface area contributed by atoms with Gasteiger partial charge in [-0.15, -0.1) is 11.8 Å². The third kappa shape index (κ3) is 5.34. The Morgan fingerprint density at radius 2 is 1.78 bits per heavy atom. The molecule has 0 spiro atoms. The van der Waals surface area contributed by atoms with Crippen molar-refractivity contribution in [1.82, 2.24) is 5.32 Å². The van der Waals surface area contributed by atoms with Crippen LogP contribution in [0.2, 0.25) is 0 Å². The first kappa shape index (κ1) is 25.6. The molecule has 0 radical (unpaired) electrons. The highest BCUT2D eigenvalue weighted by Crippen LogP contribution is 2.51. The number of rotatable bonds is 6. The van der Waals surface area contributed by atoms with Crippen LogP contribution in [0.25, 0.3) is 11.1 Å². The van der Waals surface area contributed by atoms with E-state index in [0.29, 0.717) is 0 Å². The number of para-hydroxylation sites is 2. The molecule has 0 aromatic heterocycles. The van der Waals surface area contributed by atoms with Gasteiger partial charge >= 0.3 is 6.03 Å². The van der Waals surface area contributed by atoms with E-state index in [1.54, 1.807) is 0 Å². The van der Waals surface area contributed by atoms with E-state index in [2.05, 4.69) is 55.0 Å². The lowest BCUT2D eigenvalue weighted by atomic mass is 9.81. The lowest BCUT2D eigenvalue weighted by Gasteiger charge is -2.26. The third-order valence-corrected chi connectivity index (χ3v) is 7.10. The molecule has 6 heteroatoms. The molecule has 0 aliphatic carbocycles. The molecule has 36 heavy (non-hydrogen) atoms. The molecule has 3 aromatic rings. The topological polar surface area (TPSA) is 44.4 Å². The largest absolute Gasteiger partial charge is 0.338 e. The maximum absolute atomic E-state index is 13.6. The number of halogens is 1. The number of thioether (sulfide) groups is 1. The molecule has 1 aliphatic heterocycles. The van der Waals surface area contributed by atoms with E-state index in [1.807, 2.05) is 55.7 Å². The minimum absolute atomic E-state index is 0.167. The number of hydrogen-bond donors (Lipinski definition) is 2. The molecular formula is C30H32FN3OS. The Balaban J connectivity index is 1.71. The summed E-state index contributed by atoms with van der Waals surface area (Å²) in [6.07, 6.45) is 0. The van der Waals surface area contributed by atoms with E-state index < -0.39 is 0 Å². The van der Waals surface area contributed by atoms with E-state index in [0.717, 1.165) is 50.9 Å². The van der Waals surface area contributed by atoms with Crippen LogP contribution in [0.4, 0.5) is 26.2 Å². The quantitative estimate of drug-likeness (QED) is 0.356. The van der Waals surface area contributed by atoms with Crippen LogP contribution in [-0.2, 0) is 5.41 Å². The van der Waals surface area contributed by atoms with Gasteiger partial charge in [0.25, 0.3) is 0 Å². The second-order valence-corrected chi connectivity index (χ2v) is 11.0. The summed E-state index contributed by atoms with van der Waals surface area (Å²) in [5.74, 6) is -0.245. The van der Waals surface area contributed by atoms with Gasteiger partial charge < -0.3 is 15.5 Å². The Hall–Kier alpha value is -3.51. The molecule has 2 N–H and O–H groups in total. The van der Waals surface area contributed by atoms with Crippen molar-refractivity contribution < 1.29 is 9.18 Å². The van der Waals surface area contributed by atoms with Crippen LogP contribution in [0.5, 0.6) is 0 Å². The molecular weight excluding hydrogens is 469 g/mol. The number of carbonyl (C=O) groups is 1. The van der Waals surface area contributed by atoms with Crippen molar-refractivity contribution >= 4 is 34.9 Å². The van der Waals surface area contributed by atoms with E-state index >= 15 is 0 Å². The fourth-order valence-corrected chi connectivity index (χ4v) is 5.16. The van der Waals surface area contributed by atoms with Crippen molar-refractivity contribution in [2.24, 2.45) is 0 Å². The molecule has 0 saturated carbocycles. The zero-order valence-corrected chi connectivity index (χ0v) is 22.2. The number of fused-ring (bicyclic) bond motifs is 1. The molecule has 4 nitrogen and oxygen atoms in total. The molecule has 0 fully saturated rings. The molecule has 2 amide bonds. The number of anilines is 3. The molecule has 0 saturated heterocycles. The number of benzene rings is 3. The summed E-state index contributed by atoms with van der Waals surface area (Å²) in [6.45, 7) is 14.9. The Labute approximate surface area is 217 Å². The summed E-state index contributed by atoms with van der Waals surface area (Å²) < 4.78 is 13.6. The molecule has 1 aliphatic rings. The van der Waals surface area contributed by atoms with Crippen molar-refractivity contribution in [1.29, 1.82) is 0 Å². The Bertz CT molecular complexity index is 1340. The Kier molecular flexibility index (Phi) is 7.27. The number of aryl methyl sites for hydroxylation is 1. The van der Waals surface area contributed by atoms with Gasteiger partial charge in [0, 0.05) is 23.3 Å². The number of amides is 2. The first-order valence-corrected chi connectivity index (χ1v) is 12.8. The normalized spacial score (nSPS) is 14.4. The van der Waals surface area contributed by atoms with Gasteiger partial charge in [0.05, 0.1) is 11.4 Å². The van der Waals surface area contributed by atoms with Crippen LogP contribution >= 0.6 is 11.8 Å². The number of urea groups is 1. The fourth-order valence-electron chi connectivity index (χ4n) is 4.72. The number of nitrogens with zero attached hydrogens (tertiary/aromatic N) is 1. The summed E-state index contributed by atoms with van der Waals surface area (Å²) in [5, 5.41) is 7.78. The zero-order valence-electron chi connectivity index (χ0n) is 21.4. The van der Waals surface area contributed by atoms with Gasteiger partial charge in [-0.2, -0.15) is 0 Å². The number of allylic oxidation sites excluding steroid dienone is 2. The highest BCUT2D eigenvalue weighted by molar-refractivity contribution is 8.05. The van der Waals surface area contributed by atoms with Gasteiger partial charge in [0.15, 0.2) is 0 Å². The van der Waals surface area contributed by atoms with E-state index in [4.69, 9.17) is 0 Å². The van der Waals surface area contributed by atoms with Crippen LogP contribution in [0.15, 0.2) is 83.3 Å². The summed E-state index contributed by atoms with van der Waals surface area (Å²) in [6, 6.07) is 18.5. The fraction of sp³-hybridized carbons (Fsp3) is 0.233. The van der Waals surface area contributed by atoms with E-state index in [1.165, 1.54) is 29.5 Å². The molecule has 0 atom stereocenters. The third-order valence-electron chi connectivity index (χ3n) is 6.23. The second kappa shape index (κ2) is 10.2. The van der Waals surface area contributed by atoms with Crippen LogP contribution in [0, 0.1) is 12.7 Å². The molecule has 0 unspecified atom stereocenters. The van der Waals surface area contributed by atoms with Crippen LogP contribution in [0.3, 0.4) is 0 Å². The average Bonchev–Trinajstić information content (AvgIpc) is 3.11. The monoisotopic (exact) mass is 501 g/mol. The highest BCUT2D eigenvalue weighted by atomic mass is 32.2. The van der Waals surface area contributed by atoms with E-state index in [-0.39, 0.29) is 17.3 Å². The molecule has 0 bridgehead atoms. The van der Waals surface area contributed by atoms with Gasteiger partial charge in [-0.3, -0.25) is 0 Å². The second-order valence-electron chi connectivity index (χ2n) is 9.85. The molecule has 4 rings (SSSR count). The number of nitrogens with one attached hydrogen (secondary N) is 2. The molecule has 186 valence electrons. The Morgan fingerprint density at radius 3 is 2.47 bits per heavy atom. The van der Waals surface area contributed by atoms with Gasteiger partial charge in [0.2, 0.25) is 0 Å². The van der Waals surface area contributed by atoms with Crippen LogP contribution in [0.1, 0.15) is 38.8 Å². The van der Waals surface area contributed by atoms with Crippen LogP contribution in [-0.4, -0.2) is 12.6 Å². The van der Waals surface area contributed by atoms with Gasteiger partial charge in [0.1, 0.15) is 5.82 Å². The highest BCUT2D eigenvalue weighted by Gasteiger charge is 2.39. The maximum Gasteiger partial charge on any atom is 0.323 e. The van der Waals surface area contributed by atoms with Crippen LogP contribution < -0.4 is 15.5 Å². The average molecular weight is 502 g/mol. The number of hydrogen-bond acceptors (Lipinski definition) is 3. The van der Waals surface area contributed by atoms with Crippen molar-refractivity contribution in [2.75, 3.05) is 16.8 Å². The van der Waals surface area contributed by atoms with Gasteiger partial charge in [-0.25, -0.2) is 9.18 Å². The summed E-state index contributed by atoms with van der Waals surface area (Å²) >= 11 is 1.48. The van der Waals surface area contributed by atoms with Crippen molar-refractivity contribution in [2.45, 2.75) is 40.0 Å². The summed E-state index contributed by atoms with van der Waals surface area (Å²) in [5.41, 5.74) is 7.82. The minimum atomic E-state index is -0.297. The SMILES string of the molecule is C=C(C)S/C=C(\C)NC(=O)Nc1ccccc1N1CC(C)(C)c2c(-c3ccc(F)cc3)ccc(C)c21. The van der Waals surface area contributed by atoms with Crippen molar-refractivity contribution in [3.05, 3.63) is 100 Å². The predicted molar refractivity (Wildman–Crippen MR) is 151 cm³/mol. The first-order valence-electron chi connectivity index (χ1n) is 11.9. The first-order chi connectivity index (χ1) is 17.1. The Morgan fingerprint density at radius 1 is 1.08 bits per heavy atom. The van der Waals surface area contributed by atoms with Gasteiger partial charge in [-0.1, -0.05) is 56.8 Å². The summed E-state index contributed by atoms with van der Waals surface area (Å²) in [4.78, 5) is 16.0. The van der Waals surface area contributed by atoms with Gasteiger partial charge in [-0.05, 0) is 77.6 Å². The standard InChI is InChI=1S/C30H32FN3OS/c1-19(2)36-17-21(4)32-29(35)33-25-9-7-8-10-26(25)34-18-30(5,6)27-24(16-11-20(3)28(27)34)22-12-14-23(31)15-13-22/h7-17H,1,18H2,2-6H3,(H2,32,33,35)/b21-17+. The maximum atomic E-state index is 13.6.